The summed E-state index contributed by atoms with van der Waals surface area (Å²) in [5, 5.41) is 18.9. The molecular formula is C11H22NO5+. The molecule has 6 nitrogen and oxygen atoms in total. The summed E-state index contributed by atoms with van der Waals surface area (Å²) in [5.74, 6) is -0.204. The molecule has 2 atom stereocenters. The maximum atomic E-state index is 11.2. The fourth-order valence-electron chi connectivity index (χ4n) is 2.27. The number of methoxy groups -OCH3 is 1. The van der Waals surface area contributed by atoms with Gasteiger partial charge in [-0.3, -0.25) is 4.79 Å². The van der Waals surface area contributed by atoms with E-state index in [1.54, 1.807) is 0 Å². The van der Waals surface area contributed by atoms with E-state index in [1.807, 2.05) is 0 Å². The van der Waals surface area contributed by atoms with Gasteiger partial charge in [-0.2, -0.15) is 0 Å². The molecule has 0 spiro atoms. The molecule has 100 valence electrons. The molecule has 6 heteroatoms. The van der Waals surface area contributed by atoms with Gasteiger partial charge in [0, 0.05) is 7.11 Å². The lowest BCUT2D eigenvalue weighted by molar-refractivity contribution is -0.929. The average Bonchev–Trinajstić information content (AvgIpc) is 2.43. The summed E-state index contributed by atoms with van der Waals surface area (Å²) in [5.41, 5.74) is 0. The Kier molecular flexibility index (Phi) is 5.84. The number of nitrogens with zero attached hydrogens (tertiary/aromatic N) is 1. The first-order valence-electron chi connectivity index (χ1n) is 5.90. The van der Waals surface area contributed by atoms with Crippen LogP contribution in [0.1, 0.15) is 6.42 Å². The zero-order chi connectivity index (χ0) is 12.7. The number of esters is 1. The Morgan fingerprint density at radius 1 is 1.53 bits per heavy atom. The van der Waals surface area contributed by atoms with Crippen LogP contribution in [0.5, 0.6) is 0 Å². The lowest BCUT2D eigenvalue weighted by Crippen LogP contribution is -2.55. The Balaban J connectivity index is 2.62. The number of carbonyl (C=O) groups excluding carboxylic acids is 1. The van der Waals surface area contributed by atoms with Crippen molar-refractivity contribution in [2.45, 2.75) is 12.5 Å². The van der Waals surface area contributed by atoms with Crippen molar-refractivity contribution >= 4 is 5.97 Å². The highest BCUT2D eigenvalue weighted by Crippen LogP contribution is 2.14. The van der Waals surface area contributed by atoms with Gasteiger partial charge < -0.3 is 24.2 Å². The zero-order valence-electron chi connectivity index (χ0n) is 10.3. The van der Waals surface area contributed by atoms with E-state index in [2.05, 4.69) is 0 Å². The van der Waals surface area contributed by atoms with Crippen molar-refractivity contribution in [3.05, 3.63) is 0 Å². The van der Waals surface area contributed by atoms with E-state index in [0.717, 1.165) is 0 Å². The summed E-state index contributed by atoms with van der Waals surface area (Å²) < 4.78 is 10.4. The van der Waals surface area contributed by atoms with E-state index in [1.165, 1.54) is 7.11 Å². The lowest BCUT2D eigenvalue weighted by Gasteiger charge is -2.37. The van der Waals surface area contributed by atoms with Crippen molar-refractivity contribution < 1.29 is 29.0 Å². The second kappa shape index (κ2) is 6.90. The number of aliphatic hydroxyl groups excluding tert-OH is 2. The third-order valence-electron chi connectivity index (χ3n) is 3.15. The molecule has 1 aliphatic heterocycles. The Bertz CT molecular complexity index is 248. The van der Waals surface area contributed by atoms with Gasteiger partial charge >= 0.3 is 5.97 Å². The second-order valence-corrected chi connectivity index (χ2v) is 4.50. The highest BCUT2D eigenvalue weighted by atomic mass is 16.5. The van der Waals surface area contributed by atoms with Crippen LogP contribution < -0.4 is 0 Å². The minimum atomic E-state index is -0.584. The first kappa shape index (κ1) is 14.4. The Morgan fingerprint density at radius 3 is 2.94 bits per heavy atom. The monoisotopic (exact) mass is 248 g/mol. The summed E-state index contributed by atoms with van der Waals surface area (Å²) in [6.45, 7) is 2.88. The largest absolute Gasteiger partial charge is 0.460 e. The molecule has 1 fully saturated rings. The molecule has 0 aromatic heterocycles. The van der Waals surface area contributed by atoms with E-state index in [-0.39, 0.29) is 19.2 Å². The second-order valence-electron chi connectivity index (χ2n) is 4.50. The predicted octanol–water partition coefficient (Wildman–Crippen LogP) is -1.25. The molecule has 2 N–H and O–H groups in total. The summed E-state index contributed by atoms with van der Waals surface area (Å²) >= 11 is 0. The molecule has 0 aromatic rings. The predicted molar refractivity (Wildman–Crippen MR) is 60.3 cm³/mol. The molecular weight excluding hydrogens is 226 g/mol. The molecule has 0 saturated carbocycles. The zero-order valence-corrected chi connectivity index (χ0v) is 10.3. The van der Waals surface area contributed by atoms with E-state index >= 15 is 0 Å². The molecule has 0 aromatic carbocycles. The number of carbonyl (C=O) groups is 1. The standard InChI is InChI=1S/C11H22NO5/c1-16-9-10(14)8-12(4-6-13)3-2-11(15)17-7-5-12/h10,13-14H,2-9H2,1H3/q+1. The van der Waals surface area contributed by atoms with Crippen molar-refractivity contribution in [2.75, 3.05) is 53.1 Å². The van der Waals surface area contributed by atoms with Crippen molar-refractivity contribution in [1.29, 1.82) is 0 Å². The molecule has 1 heterocycles. The molecule has 0 bridgehead atoms. The van der Waals surface area contributed by atoms with Crippen LogP contribution in [-0.2, 0) is 14.3 Å². The lowest BCUT2D eigenvalue weighted by atomic mass is 10.2. The fourth-order valence-corrected chi connectivity index (χ4v) is 2.27. The summed E-state index contributed by atoms with van der Waals surface area (Å²) in [6, 6.07) is 0. The van der Waals surface area contributed by atoms with Crippen molar-refractivity contribution in [3.8, 4) is 0 Å². The minimum absolute atomic E-state index is 0.0356. The van der Waals surface area contributed by atoms with Gasteiger partial charge in [0.05, 0.1) is 26.2 Å². The van der Waals surface area contributed by atoms with Crippen LogP contribution in [-0.4, -0.2) is 79.9 Å². The third-order valence-corrected chi connectivity index (χ3v) is 3.15. The minimum Gasteiger partial charge on any atom is -0.460 e. The van der Waals surface area contributed by atoms with Gasteiger partial charge in [-0.05, 0) is 0 Å². The highest BCUT2D eigenvalue weighted by molar-refractivity contribution is 5.69. The summed E-state index contributed by atoms with van der Waals surface area (Å²) in [7, 11) is 1.54. The molecule has 0 aliphatic carbocycles. The fraction of sp³-hybridized carbons (Fsp3) is 0.909. The van der Waals surface area contributed by atoms with Crippen molar-refractivity contribution in [3.63, 3.8) is 0 Å². The molecule has 2 unspecified atom stereocenters. The van der Waals surface area contributed by atoms with Gasteiger partial charge in [0.1, 0.15) is 32.3 Å². The number of aliphatic hydroxyl groups is 2. The van der Waals surface area contributed by atoms with Crippen LogP contribution in [0.15, 0.2) is 0 Å². The Hall–Kier alpha value is -0.690. The molecule has 0 radical (unpaired) electrons. The number of hydrogen-bond donors (Lipinski definition) is 2. The highest BCUT2D eigenvalue weighted by Gasteiger charge is 2.33. The number of cyclic esters (lactones) is 1. The Morgan fingerprint density at radius 2 is 2.29 bits per heavy atom. The van der Waals surface area contributed by atoms with Crippen LogP contribution in [0, 0.1) is 0 Å². The maximum absolute atomic E-state index is 11.2. The molecule has 1 saturated heterocycles. The summed E-state index contributed by atoms with van der Waals surface area (Å²) in [6.07, 6.45) is -0.251. The van der Waals surface area contributed by atoms with E-state index in [0.29, 0.717) is 43.7 Å². The first-order chi connectivity index (χ1) is 8.12. The van der Waals surface area contributed by atoms with E-state index in [4.69, 9.17) is 14.6 Å². The number of ether oxygens (including phenoxy) is 2. The van der Waals surface area contributed by atoms with Crippen LogP contribution >= 0.6 is 0 Å². The number of quaternary nitrogens is 1. The van der Waals surface area contributed by atoms with Gasteiger partial charge in [0.2, 0.25) is 0 Å². The maximum Gasteiger partial charge on any atom is 0.311 e. The Labute approximate surface area is 101 Å². The van der Waals surface area contributed by atoms with E-state index < -0.39 is 6.10 Å². The molecule has 1 rings (SSSR count). The van der Waals surface area contributed by atoms with Gasteiger partial charge in [-0.25, -0.2) is 0 Å². The summed E-state index contributed by atoms with van der Waals surface area (Å²) in [4.78, 5) is 11.2. The van der Waals surface area contributed by atoms with Crippen LogP contribution in [0.4, 0.5) is 0 Å². The third kappa shape index (κ3) is 4.59. The van der Waals surface area contributed by atoms with Gasteiger partial charge in [-0.15, -0.1) is 0 Å². The smallest absolute Gasteiger partial charge is 0.311 e. The van der Waals surface area contributed by atoms with Crippen LogP contribution in [0.25, 0.3) is 0 Å². The van der Waals surface area contributed by atoms with Gasteiger partial charge in [-0.1, -0.05) is 0 Å². The number of hydrogen-bond acceptors (Lipinski definition) is 5. The SMILES string of the molecule is COCC(O)C[N+]1(CCO)CCOC(=O)CC1. The number of rotatable bonds is 6. The molecule has 0 amide bonds. The normalized spacial score (nSPS) is 27.4. The van der Waals surface area contributed by atoms with Crippen LogP contribution in [0.2, 0.25) is 0 Å². The first-order valence-corrected chi connectivity index (χ1v) is 5.90. The van der Waals surface area contributed by atoms with E-state index in [9.17, 15) is 9.90 Å². The van der Waals surface area contributed by atoms with Crippen molar-refractivity contribution in [1.82, 2.24) is 0 Å². The quantitative estimate of drug-likeness (QED) is 0.454. The van der Waals surface area contributed by atoms with Crippen LogP contribution in [0.3, 0.4) is 0 Å². The molecule has 17 heavy (non-hydrogen) atoms. The van der Waals surface area contributed by atoms with Gasteiger partial charge in [0.25, 0.3) is 0 Å². The molecule has 1 aliphatic rings. The topological polar surface area (TPSA) is 76.0 Å². The average molecular weight is 248 g/mol. The van der Waals surface area contributed by atoms with Gasteiger partial charge in [0.15, 0.2) is 0 Å². The van der Waals surface area contributed by atoms with Crippen molar-refractivity contribution in [2.24, 2.45) is 0 Å².